The van der Waals surface area contributed by atoms with Crippen molar-refractivity contribution in [1.82, 2.24) is 10.4 Å². The number of amides is 2. The molecule has 0 unspecified atom stereocenters. The molecule has 1 heterocycles. The summed E-state index contributed by atoms with van der Waals surface area (Å²) in [5.74, 6) is -0.467. The maximum Gasteiger partial charge on any atom is 0.243 e. The van der Waals surface area contributed by atoms with Gasteiger partial charge in [0.25, 0.3) is 0 Å². The highest BCUT2D eigenvalue weighted by Gasteiger charge is 2.33. The lowest BCUT2D eigenvalue weighted by Crippen LogP contribution is -2.39. The monoisotopic (exact) mass is 665 g/mol. The molecule has 5 rings (SSSR count). The number of unbranched alkanes of at least 4 members (excludes halogenated alkanes) is 3. The van der Waals surface area contributed by atoms with Crippen LogP contribution in [0.1, 0.15) is 85.2 Å². The first kappa shape index (κ1) is 35.9. The van der Waals surface area contributed by atoms with Crippen molar-refractivity contribution in [2.24, 2.45) is 0 Å². The summed E-state index contributed by atoms with van der Waals surface area (Å²) in [5.41, 5.74) is 7.47. The molecule has 0 aromatic heterocycles. The molecule has 4 aromatic carbocycles. The number of benzene rings is 4. The number of ether oxygens (including phenoxy) is 2. The van der Waals surface area contributed by atoms with Crippen LogP contribution in [0.3, 0.4) is 0 Å². The number of anilines is 1. The van der Waals surface area contributed by atoms with Gasteiger partial charge in [-0.3, -0.25) is 19.7 Å². The van der Waals surface area contributed by atoms with Crippen LogP contribution < -0.4 is 10.8 Å². The van der Waals surface area contributed by atoms with Crippen LogP contribution in [0, 0.1) is 0 Å². The van der Waals surface area contributed by atoms with E-state index in [2.05, 4.69) is 58.7 Å². The van der Waals surface area contributed by atoms with Crippen molar-refractivity contribution in [2.45, 2.75) is 83.1 Å². The molecule has 1 saturated heterocycles. The Morgan fingerprint density at radius 2 is 1.33 bits per heavy atom. The molecule has 1 aliphatic heterocycles. The van der Waals surface area contributed by atoms with E-state index in [0.29, 0.717) is 37.9 Å². The molecule has 258 valence electrons. The quantitative estimate of drug-likeness (QED) is 0.0535. The minimum Gasteiger partial charge on any atom is -0.392 e. The molecule has 4 N–H and O–H groups in total. The fourth-order valence-electron chi connectivity index (χ4n) is 6.16. The lowest BCUT2D eigenvalue weighted by Gasteiger charge is -2.38. The van der Waals surface area contributed by atoms with Gasteiger partial charge >= 0.3 is 0 Å². The highest BCUT2D eigenvalue weighted by Crippen LogP contribution is 2.39. The molecule has 9 nitrogen and oxygen atoms in total. The Kier molecular flexibility index (Phi) is 13.9. The molecule has 9 heteroatoms. The fraction of sp³-hybridized carbons (Fsp3) is 0.350. The third-order valence-corrected chi connectivity index (χ3v) is 8.70. The van der Waals surface area contributed by atoms with Crippen LogP contribution in [0.2, 0.25) is 0 Å². The number of nitrogens with one attached hydrogen (secondary N) is 2. The van der Waals surface area contributed by atoms with Crippen LogP contribution in [0.15, 0.2) is 109 Å². The first-order chi connectivity index (χ1) is 24.0. The van der Waals surface area contributed by atoms with Gasteiger partial charge in [0.2, 0.25) is 11.8 Å². The molecule has 49 heavy (non-hydrogen) atoms. The number of aliphatic hydroxyl groups excluding tert-OH is 1. The van der Waals surface area contributed by atoms with Gasteiger partial charge in [-0.05, 0) is 47.2 Å². The predicted octanol–water partition coefficient (Wildman–Crippen LogP) is 7.21. The summed E-state index contributed by atoms with van der Waals surface area (Å²) in [6.07, 6.45) is 3.30. The van der Waals surface area contributed by atoms with E-state index in [-0.39, 0.29) is 31.1 Å². The molecule has 0 aliphatic carbocycles. The van der Waals surface area contributed by atoms with E-state index >= 15 is 0 Å². The minimum atomic E-state index is -0.649. The van der Waals surface area contributed by atoms with Crippen molar-refractivity contribution >= 4 is 17.5 Å². The maximum absolute atomic E-state index is 12.8. The summed E-state index contributed by atoms with van der Waals surface area (Å²) < 4.78 is 13.3. The van der Waals surface area contributed by atoms with Crippen LogP contribution in [-0.2, 0) is 38.8 Å². The second-order valence-electron chi connectivity index (χ2n) is 12.6. The van der Waals surface area contributed by atoms with Gasteiger partial charge in [-0.1, -0.05) is 110 Å². The molecule has 4 aromatic rings. The number of aliphatic hydroxyl groups is 1. The first-order valence-corrected chi connectivity index (χ1v) is 17.1. The molecule has 1 fully saturated rings. The standard InChI is InChI=1S/C40H47N3O6/c44-29-32-20-22-33(23-21-32)37-25-36(28-43(26-30-12-5-3-6-13-30)27-31-14-7-4-8-15-31)48-40(49-37)34-16-11-17-35(24-34)41-38(45)18-9-1-2-10-19-39(46)42-47/h3-8,11-17,20-24,36-37,40,44,47H,1-2,9-10,18-19,25-29H2,(H,41,45)(H,42,46)/t36-,37+,40+/m0/s1. The molecule has 2 amide bonds. The van der Waals surface area contributed by atoms with E-state index in [1.165, 1.54) is 11.1 Å². The Bertz CT molecular complexity index is 1540. The Morgan fingerprint density at radius 3 is 1.94 bits per heavy atom. The number of carbonyl (C=O) groups is 2. The molecule has 0 bridgehead atoms. The van der Waals surface area contributed by atoms with E-state index in [1.54, 1.807) is 5.48 Å². The zero-order valence-electron chi connectivity index (χ0n) is 27.9. The Morgan fingerprint density at radius 1 is 0.694 bits per heavy atom. The van der Waals surface area contributed by atoms with Crippen molar-refractivity contribution < 1.29 is 29.4 Å². The molecule has 1 aliphatic rings. The van der Waals surface area contributed by atoms with Crippen molar-refractivity contribution in [2.75, 3.05) is 11.9 Å². The first-order valence-electron chi connectivity index (χ1n) is 17.1. The van der Waals surface area contributed by atoms with Gasteiger partial charge in [-0.2, -0.15) is 0 Å². The second-order valence-corrected chi connectivity index (χ2v) is 12.6. The molecule has 0 spiro atoms. The van der Waals surface area contributed by atoms with Crippen LogP contribution >= 0.6 is 0 Å². The van der Waals surface area contributed by atoms with E-state index < -0.39 is 12.2 Å². The summed E-state index contributed by atoms with van der Waals surface area (Å²) in [6.45, 7) is 2.22. The molecule has 3 atom stereocenters. The van der Waals surface area contributed by atoms with Gasteiger partial charge in [0.15, 0.2) is 6.29 Å². The van der Waals surface area contributed by atoms with Gasteiger partial charge in [0.1, 0.15) is 0 Å². The maximum atomic E-state index is 12.8. The average molecular weight is 666 g/mol. The van der Waals surface area contributed by atoms with Gasteiger partial charge in [0.05, 0.1) is 18.8 Å². The number of rotatable bonds is 17. The van der Waals surface area contributed by atoms with Crippen LogP contribution in [0.25, 0.3) is 0 Å². The Labute approximate surface area is 288 Å². The summed E-state index contributed by atoms with van der Waals surface area (Å²) in [5, 5.41) is 21.2. The lowest BCUT2D eigenvalue weighted by atomic mass is 9.99. The fourth-order valence-corrected chi connectivity index (χ4v) is 6.16. The number of nitrogens with zero attached hydrogens (tertiary/aromatic N) is 1. The highest BCUT2D eigenvalue weighted by atomic mass is 16.7. The third kappa shape index (κ3) is 11.6. The Hall–Kier alpha value is -4.38. The molecular formula is C40H47N3O6. The molecular weight excluding hydrogens is 618 g/mol. The van der Waals surface area contributed by atoms with E-state index in [4.69, 9.17) is 14.7 Å². The van der Waals surface area contributed by atoms with Crippen LogP contribution in [0.5, 0.6) is 0 Å². The lowest BCUT2D eigenvalue weighted by molar-refractivity contribution is -0.253. The summed E-state index contributed by atoms with van der Waals surface area (Å²) in [7, 11) is 0. The topological polar surface area (TPSA) is 120 Å². The SMILES string of the molecule is O=C(CCCCCCC(=O)Nc1cccc([C@@H]2O[C@H](CN(Cc3ccccc3)Cc3ccccc3)C[C@H](c3ccc(CO)cc3)O2)c1)NO. The number of carbonyl (C=O) groups excluding carboxylic acids is 2. The van der Waals surface area contributed by atoms with Gasteiger partial charge in [0, 0.05) is 50.1 Å². The smallest absolute Gasteiger partial charge is 0.243 e. The van der Waals surface area contributed by atoms with E-state index in [1.807, 2.05) is 60.7 Å². The van der Waals surface area contributed by atoms with Gasteiger partial charge < -0.3 is 19.9 Å². The number of hydroxylamine groups is 1. The average Bonchev–Trinajstić information content (AvgIpc) is 3.13. The predicted molar refractivity (Wildman–Crippen MR) is 188 cm³/mol. The van der Waals surface area contributed by atoms with Crippen LogP contribution in [0.4, 0.5) is 5.69 Å². The normalized spacial score (nSPS) is 17.5. The minimum absolute atomic E-state index is 0.0179. The van der Waals surface area contributed by atoms with Crippen molar-refractivity contribution in [3.63, 3.8) is 0 Å². The van der Waals surface area contributed by atoms with E-state index in [0.717, 1.165) is 42.6 Å². The third-order valence-electron chi connectivity index (χ3n) is 8.70. The highest BCUT2D eigenvalue weighted by molar-refractivity contribution is 5.90. The Balaban J connectivity index is 1.28. The summed E-state index contributed by atoms with van der Waals surface area (Å²) in [6, 6.07) is 36.4. The summed E-state index contributed by atoms with van der Waals surface area (Å²) in [4.78, 5) is 26.3. The van der Waals surface area contributed by atoms with Crippen molar-refractivity contribution in [1.29, 1.82) is 0 Å². The number of hydrogen-bond acceptors (Lipinski definition) is 7. The van der Waals surface area contributed by atoms with Crippen molar-refractivity contribution in [3.8, 4) is 0 Å². The largest absolute Gasteiger partial charge is 0.392 e. The van der Waals surface area contributed by atoms with Gasteiger partial charge in [-0.25, -0.2) is 5.48 Å². The van der Waals surface area contributed by atoms with Crippen molar-refractivity contribution in [3.05, 3.63) is 137 Å². The summed E-state index contributed by atoms with van der Waals surface area (Å²) >= 11 is 0. The van der Waals surface area contributed by atoms with Crippen LogP contribution in [-0.4, -0.2) is 39.7 Å². The number of hydrogen-bond donors (Lipinski definition) is 4. The second kappa shape index (κ2) is 19.0. The molecule has 0 radical (unpaired) electrons. The van der Waals surface area contributed by atoms with Gasteiger partial charge in [-0.15, -0.1) is 0 Å². The molecule has 0 saturated carbocycles. The van der Waals surface area contributed by atoms with E-state index in [9.17, 15) is 14.7 Å². The zero-order valence-corrected chi connectivity index (χ0v) is 27.9. The zero-order chi connectivity index (χ0) is 34.3.